The minimum absolute atomic E-state index is 0.149. The van der Waals surface area contributed by atoms with Gasteiger partial charge in [-0.1, -0.05) is 31.2 Å². The lowest BCUT2D eigenvalue weighted by molar-refractivity contribution is -0.117. The van der Waals surface area contributed by atoms with Crippen LogP contribution in [0.3, 0.4) is 0 Å². The van der Waals surface area contributed by atoms with Gasteiger partial charge in [-0.3, -0.25) is 9.59 Å². The Hall–Kier alpha value is -3.13. The van der Waals surface area contributed by atoms with Gasteiger partial charge in [-0.15, -0.1) is 0 Å². The molecule has 0 atom stereocenters. The Morgan fingerprint density at radius 2 is 1.92 bits per heavy atom. The molecular formula is C20H21N3O2. The van der Waals surface area contributed by atoms with E-state index in [1.807, 2.05) is 31.2 Å². The topological polar surface area (TPSA) is 73.2 Å². The lowest BCUT2D eigenvalue weighted by Crippen LogP contribution is -2.32. The molecule has 5 heteroatoms. The third-order valence-electron chi connectivity index (χ3n) is 3.90. The molecule has 0 saturated heterocycles. The number of benzene rings is 2. The van der Waals surface area contributed by atoms with Crippen LogP contribution in [0.2, 0.25) is 0 Å². The van der Waals surface area contributed by atoms with Crippen molar-refractivity contribution in [3.05, 3.63) is 59.7 Å². The Morgan fingerprint density at radius 3 is 2.60 bits per heavy atom. The molecule has 2 aromatic rings. The second-order valence-corrected chi connectivity index (χ2v) is 5.64. The molecule has 0 aromatic heterocycles. The van der Waals surface area contributed by atoms with E-state index in [0.29, 0.717) is 11.3 Å². The second kappa shape index (κ2) is 8.65. The Bertz CT molecular complexity index is 809. The van der Waals surface area contributed by atoms with Crippen LogP contribution in [0, 0.1) is 11.3 Å². The van der Waals surface area contributed by atoms with Gasteiger partial charge in [-0.2, -0.15) is 5.26 Å². The molecule has 2 amide bonds. The molecule has 0 spiro atoms. The van der Waals surface area contributed by atoms with Gasteiger partial charge in [0.05, 0.1) is 11.6 Å². The first-order valence-electron chi connectivity index (χ1n) is 8.21. The highest BCUT2D eigenvalue weighted by atomic mass is 16.2. The first kappa shape index (κ1) is 18.2. The highest BCUT2D eigenvalue weighted by Crippen LogP contribution is 2.18. The lowest BCUT2D eigenvalue weighted by Gasteiger charge is -2.21. The largest absolute Gasteiger partial charge is 0.326 e. The zero-order valence-electron chi connectivity index (χ0n) is 14.5. The molecule has 0 saturated carbocycles. The van der Waals surface area contributed by atoms with Gasteiger partial charge in [-0.25, -0.2) is 0 Å². The van der Waals surface area contributed by atoms with Gasteiger partial charge in [0.25, 0.3) is 0 Å². The van der Waals surface area contributed by atoms with E-state index in [2.05, 4.69) is 11.4 Å². The van der Waals surface area contributed by atoms with E-state index in [1.165, 1.54) is 11.8 Å². The van der Waals surface area contributed by atoms with E-state index >= 15 is 0 Å². The van der Waals surface area contributed by atoms with E-state index < -0.39 is 0 Å². The average Bonchev–Trinajstić information content (AvgIpc) is 2.62. The van der Waals surface area contributed by atoms with Crippen LogP contribution < -0.4 is 10.2 Å². The summed E-state index contributed by atoms with van der Waals surface area (Å²) in [6.45, 7) is 3.73. The van der Waals surface area contributed by atoms with Crippen LogP contribution in [0.15, 0.2) is 48.5 Å². The van der Waals surface area contributed by atoms with Gasteiger partial charge >= 0.3 is 0 Å². The van der Waals surface area contributed by atoms with Crippen LogP contribution in [0.5, 0.6) is 0 Å². The molecule has 1 N–H and O–H groups in total. The van der Waals surface area contributed by atoms with Crippen molar-refractivity contribution in [3.8, 4) is 6.07 Å². The van der Waals surface area contributed by atoms with Crippen molar-refractivity contribution in [1.82, 2.24) is 0 Å². The van der Waals surface area contributed by atoms with Gasteiger partial charge < -0.3 is 10.2 Å². The first-order chi connectivity index (χ1) is 12.0. The number of nitriles is 1. The number of nitrogens with one attached hydrogen (secondary N) is 1. The molecule has 2 rings (SSSR count). The first-order valence-corrected chi connectivity index (χ1v) is 8.21. The molecule has 25 heavy (non-hydrogen) atoms. The Balaban J connectivity index is 2.05. The Labute approximate surface area is 147 Å². The van der Waals surface area contributed by atoms with Gasteiger partial charge in [0.2, 0.25) is 11.8 Å². The molecule has 0 radical (unpaired) electrons. The number of hydrogen-bond donors (Lipinski definition) is 1. The predicted molar refractivity (Wildman–Crippen MR) is 98.3 cm³/mol. The van der Waals surface area contributed by atoms with Crippen molar-refractivity contribution in [2.24, 2.45) is 0 Å². The number of carbonyl (C=O) groups excluding carboxylic acids is 2. The summed E-state index contributed by atoms with van der Waals surface area (Å²) in [5.41, 5.74) is 2.97. The number of anilines is 2. The van der Waals surface area contributed by atoms with Crippen LogP contribution in [-0.2, 0) is 16.0 Å². The Kier molecular flexibility index (Phi) is 6.30. The highest BCUT2D eigenvalue weighted by Gasteiger charge is 2.14. The van der Waals surface area contributed by atoms with Gasteiger partial charge in [0, 0.05) is 31.3 Å². The predicted octanol–water partition coefficient (Wildman–Crippen LogP) is 3.50. The van der Waals surface area contributed by atoms with Crippen molar-refractivity contribution in [2.45, 2.75) is 26.7 Å². The number of aryl methyl sites for hydroxylation is 1. The maximum Gasteiger partial charge on any atom is 0.226 e. The van der Waals surface area contributed by atoms with Crippen molar-refractivity contribution in [3.63, 3.8) is 0 Å². The fraction of sp³-hybridized carbons (Fsp3) is 0.250. The van der Waals surface area contributed by atoms with E-state index in [4.69, 9.17) is 5.26 Å². The standard InChI is InChI=1S/C20H21N3O2/c1-3-17-8-4-5-10-19(17)22-20(25)11-12-23(15(2)24)18-9-6-7-16(13-18)14-21/h4-10,13H,3,11-12H2,1-2H3,(H,22,25). The summed E-state index contributed by atoms with van der Waals surface area (Å²) < 4.78 is 0. The maximum absolute atomic E-state index is 12.3. The van der Waals surface area contributed by atoms with E-state index in [-0.39, 0.29) is 24.8 Å². The Morgan fingerprint density at radius 1 is 1.16 bits per heavy atom. The van der Waals surface area contributed by atoms with Gasteiger partial charge in [0.15, 0.2) is 0 Å². The molecule has 0 heterocycles. The number of nitrogens with zero attached hydrogens (tertiary/aromatic N) is 2. The van der Waals surface area contributed by atoms with E-state index in [1.54, 1.807) is 24.3 Å². The zero-order valence-corrected chi connectivity index (χ0v) is 14.5. The summed E-state index contributed by atoms with van der Waals surface area (Å²) in [5, 5.41) is 11.9. The van der Waals surface area contributed by atoms with Crippen molar-refractivity contribution >= 4 is 23.2 Å². The summed E-state index contributed by atoms with van der Waals surface area (Å²) in [7, 11) is 0. The molecule has 2 aromatic carbocycles. The normalized spacial score (nSPS) is 9.96. The van der Waals surface area contributed by atoms with Gasteiger partial charge in [0.1, 0.15) is 0 Å². The van der Waals surface area contributed by atoms with E-state index in [0.717, 1.165) is 17.7 Å². The molecule has 0 fully saturated rings. The van der Waals surface area contributed by atoms with Crippen LogP contribution in [0.4, 0.5) is 11.4 Å². The highest BCUT2D eigenvalue weighted by molar-refractivity contribution is 5.95. The summed E-state index contributed by atoms with van der Waals surface area (Å²) in [6, 6.07) is 16.5. The molecule has 0 bridgehead atoms. The number of hydrogen-bond acceptors (Lipinski definition) is 3. The molecule has 0 aliphatic rings. The fourth-order valence-corrected chi connectivity index (χ4v) is 2.59. The SMILES string of the molecule is CCc1ccccc1NC(=O)CCN(C(C)=O)c1cccc(C#N)c1. The molecule has 5 nitrogen and oxygen atoms in total. The zero-order chi connectivity index (χ0) is 18.2. The molecule has 128 valence electrons. The van der Waals surface area contributed by atoms with Crippen molar-refractivity contribution in [1.29, 1.82) is 5.26 Å². The maximum atomic E-state index is 12.3. The quantitative estimate of drug-likeness (QED) is 0.878. The summed E-state index contributed by atoms with van der Waals surface area (Å²) in [6.07, 6.45) is 1.01. The number of amides is 2. The number of para-hydroxylation sites is 1. The monoisotopic (exact) mass is 335 g/mol. The smallest absolute Gasteiger partial charge is 0.226 e. The fourth-order valence-electron chi connectivity index (χ4n) is 2.59. The van der Waals surface area contributed by atoms with E-state index in [9.17, 15) is 9.59 Å². The average molecular weight is 335 g/mol. The number of carbonyl (C=O) groups is 2. The minimum Gasteiger partial charge on any atom is -0.326 e. The molecule has 0 aliphatic carbocycles. The van der Waals surface area contributed by atoms with Crippen molar-refractivity contribution in [2.75, 3.05) is 16.8 Å². The second-order valence-electron chi connectivity index (χ2n) is 5.64. The van der Waals surface area contributed by atoms with Crippen LogP contribution in [0.1, 0.15) is 31.4 Å². The number of rotatable bonds is 6. The lowest BCUT2D eigenvalue weighted by atomic mass is 10.1. The summed E-state index contributed by atoms with van der Waals surface area (Å²) >= 11 is 0. The molecule has 0 aliphatic heterocycles. The van der Waals surface area contributed by atoms with Crippen LogP contribution in [0.25, 0.3) is 0 Å². The van der Waals surface area contributed by atoms with Crippen LogP contribution in [-0.4, -0.2) is 18.4 Å². The summed E-state index contributed by atoms with van der Waals surface area (Å²) in [4.78, 5) is 25.7. The third-order valence-corrected chi connectivity index (χ3v) is 3.90. The molecular weight excluding hydrogens is 314 g/mol. The van der Waals surface area contributed by atoms with Crippen LogP contribution >= 0.6 is 0 Å². The minimum atomic E-state index is -0.170. The molecule has 0 unspecified atom stereocenters. The van der Waals surface area contributed by atoms with Crippen molar-refractivity contribution < 1.29 is 9.59 Å². The van der Waals surface area contributed by atoms with Gasteiger partial charge in [-0.05, 0) is 36.2 Å². The summed E-state index contributed by atoms with van der Waals surface area (Å²) in [5.74, 6) is -0.319. The third kappa shape index (κ3) is 4.92.